The highest BCUT2D eigenvalue weighted by Crippen LogP contribution is 2.17. The number of sulfone groups is 1. The number of fused-ring (bicyclic) bond motifs is 1. The Morgan fingerprint density at radius 2 is 2.00 bits per heavy atom. The van der Waals surface area contributed by atoms with Crippen LogP contribution in [-0.2, 0) is 14.6 Å². The van der Waals surface area contributed by atoms with Crippen molar-refractivity contribution in [2.45, 2.75) is 19.9 Å². The second kappa shape index (κ2) is 7.57. The highest BCUT2D eigenvalue weighted by atomic mass is 32.2. The van der Waals surface area contributed by atoms with E-state index in [2.05, 4.69) is 4.98 Å². The van der Waals surface area contributed by atoms with Gasteiger partial charge in [0.2, 0.25) is 5.91 Å². The van der Waals surface area contributed by atoms with Gasteiger partial charge in [-0.3, -0.25) is 9.78 Å². The lowest BCUT2D eigenvalue weighted by Gasteiger charge is -2.26. The zero-order chi connectivity index (χ0) is 17.7. The topological polar surface area (TPSA) is 67.3 Å². The molecule has 1 heterocycles. The third-order valence-corrected chi connectivity index (χ3v) is 4.86. The van der Waals surface area contributed by atoms with Gasteiger partial charge >= 0.3 is 0 Å². The molecule has 0 saturated carbocycles. The number of para-hydroxylation sites is 1. The van der Waals surface area contributed by atoms with E-state index < -0.39 is 9.84 Å². The van der Waals surface area contributed by atoms with E-state index in [1.807, 2.05) is 37.3 Å². The summed E-state index contributed by atoms with van der Waals surface area (Å²) in [6.07, 6.45) is 6.10. The Morgan fingerprint density at radius 3 is 2.67 bits per heavy atom. The minimum Gasteiger partial charge on any atom is -0.336 e. The van der Waals surface area contributed by atoms with Crippen molar-refractivity contribution in [2.75, 3.05) is 18.6 Å². The van der Waals surface area contributed by atoms with E-state index in [9.17, 15) is 13.2 Å². The summed E-state index contributed by atoms with van der Waals surface area (Å²) in [5, 5.41) is 1.00. The Morgan fingerprint density at radius 1 is 1.29 bits per heavy atom. The van der Waals surface area contributed by atoms with Gasteiger partial charge in [0.1, 0.15) is 9.84 Å². The number of rotatable bonds is 6. The number of hydrogen-bond acceptors (Lipinski definition) is 4. The molecule has 0 aliphatic carbocycles. The molecule has 0 unspecified atom stereocenters. The summed E-state index contributed by atoms with van der Waals surface area (Å²) in [7, 11) is -3.14. The van der Waals surface area contributed by atoms with Crippen LogP contribution in [-0.4, -0.2) is 48.8 Å². The molecule has 1 aromatic carbocycles. The van der Waals surface area contributed by atoms with Crippen LogP contribution in [0.1, 0.15) is 19.4 Å². The first-order chi connectivity index (χ1) is 11.3. The molecule has 0 bridgehead atoms. The third-order valence-electron chi connectivity index (χ3n) is 3.77. The molecular formula is C18H22N2O3S. The maximum atomic E-state index is 12.4. The highest BCUT2D eigenvalue weighted by Gasteiger charge is 2.20. The van der Waals surface area contributed by atoms with Crippen LogP contribution in [0.3, 0.4) is 0 Å². The van der Waals surface area contributed by atoms with E-state index in [4.69, 9.17) is 0 Å². The molecule has 0 N–H and O–H groups in total. The fourth-order valence-corrected chi connectivity index (χ4v) is 3.79. The molecule has 2 aromatic rings. The third kappa shape index (κ3) is 4.64. The van der Waals surface area contributed by atoms with Gasteiger partial charge in [0.15, 0.2) is 0 Å². The van der Waals surface area contributed by atoms with Crippen molar-refractivity contribution in [3.05, 3.63) is 48.2 Å². The maximum Gasteiger partial charge on any atom is 0.246 e. The van der Waals surface area contributed by atoms with Crippen molar-refractivity contribution in [2.24, 2.45) is 0 Å². The fraction of sp³-hybridized carbons (Fsp3) is 0.333. The van der Waals surface area contributed by atoms with Crippen LogP contribution in [0.15, 0.2) is 42.6 Å². The van der Waals surface area contributed by atoms with E-state index >= 15 is 0 Å². The van der Waals surface area contributed by atoms with Crippen LogP contribution in [0, 0.1) is 0 Å². The predicted octanol–water partition coefficient (Wildman–Crippen LogP) is 2.53. The molecule has 0 radical (unpaired) electrons. The van der Waals surface area contributed by atoms with Crippen molar-refractivity contribution < 1.29 is 13.2 Å². The Bertz CT molecular complexity index is 854. The minimum atomic E-state index is -3.14. The Kier molecular flexibility index (Phi) is 5.72. The molecule has 24 heavy (non-hydrogen) atoms. The molecule has 0 aliphatic rings. The average Bonchev–Trinajstić information content (AvgIpc) is 2.51. The summed E-state index contributed by atoms with van der Waals surface area (Å²) in [6, 6.07) is 9.25. The molecule has 6 heteroatoms. The number of benzene rings is 1. The maximum absolute atomic E-state index is 12.4. The number of amides is 1. The van der Waals surface area contributed by atoms with Crippen molar-refractivity contribution in [3.63, 3.8) is 0 Å². The van der Waals surface area contributed by atoms with E-state index in [1.165, 1.54) is 12.3 Å². The van der Waals surface area contributed by atoms with Crippen LogP contribution < -0.4 is 0 Å². The van der Waals surface area contributed by atoms with Crippen molar-refractivity contribution >= 4 is 32.7 Å². The smallest absolute Gasteiger partial charge is 0.246 e. The molecule has 128 valence electrons. The van der Waals surface area contributed by atoms with Gasteiger partial charge in [-0.25, -0.2) is 8.42 Å². The first-order valence-electron chi connectivity index (χ1n) is 7.82. The molecule has 0 spiro atoms. The number of aromatic nitrogens is 1. The second-order valence-electron chi connectivity index (χ2n) is 5.82. The summed E-state index contributed by atoms with van der Waals surface area (Å²) in [5.74, 6) is -0.252. The van der Waals surface area contributed by atoms with E-state index in [0.29, 0.717) is 6.54 Å². The predicted molar refractivity (Wildman–Crippen MR) is 97.3 cm³/mol. The molecule has 1 aromatic heterocycles. The van der Waals surface area contributed by atoms with E-state index in [0.717, 1.165) is 16.5 Å². The van der Waals surface area contributed by atoms with Crippen LogP contribution in [0.4, 0.5) is 0 Å². The quantitative estimate of drug-likeness (QED) is 0.754. The lowest BCUT2D eigenvalue weighted by atomic mass is 10.1. The lowest BCUT2D eigenvalue weighted by Crippen LogP contribution is -2.41. The molecule has 2 rings (SSSR count). The van der Waals surface area contributed by atoms with Gasteiger partial charge in [0.05, 0.1) is 11.3 Å². The van der Waals surface area contributed by atoms with Gasteiger partial charge < -0.3 is 4.90 Å². The summed E-state index contributed by atoms with van der Waals surface area (Å²) in [6.45, 7) is 4.04. The molecule has 0 aliphatic heterocycles. The van der Waals surface area contributed by atoms with E-state index in [-0.39, 0.29) is 17.7 Å². The fourth-order valence-electron chi connectivity index (χ4n) is 2.73. The van der Waals surface area contributed by atoms with Gasteiger partial charge in [-0.05, 0) is 26.0 Å². The van der Waals surface area contributed by atoms with E-state index in [1.54, 1.807) is 24.1 Å². The first-order valence-corrected chi connectivity index (χ1v) is 9.88. The second-order valence-corrected chi connectivity index (χ2v) is 8.01. The van der Waals surface area contributed by atoms with Crippen molar-refractivity contribution in [1.29, 1.82) is 0 Å². The molecule has 1 amide bonds. The number of carbonyl (C=O) groups is 1. The summed E-state index contributed by atoms with van der Waals surface area (Å²) >= 11 is 0. The SMILES string of the molecule is CCN(C(=O)/C=C\c1cccc2cccnc12)[C@H](C)CS(C)(=O)=O. The normalized spacial score (nSPS) is 13.3. The van der Waals surface area contributed by atoms with Gasteiger partial charge in [-0.15, -0.1) is 0 Å². The molecule has 5 nitrogen and oxygen atoms in total. The number of pyridine rings is 1. The average molecular weight is 346 g/mol. The molecular weight excluding hydrogens is 324 g/mol. The van der Waals surface area contributed by atoms with Gasteiger partial charge in [-0.1, -0.05) is 24.3 Å². The minimum absolute atomic E-state index is 0.0454. The Balaban J connectivity index is 2.21. The standard InChI is InChI=1S/C18H22N2O3S/c1-4-20(14(2)13-24(3,22)23)17(21)11-10-16-8-5-7-15-9-6-12-19-18(15)16/h5-12,14H,4,13H2,1-3H3/b11-10-/t14-/m1/s1. The lowest BCUT2D eigenvalue weighted by molar-refractivity contribution is -0.127. The van der Waals surface area contributed by atoms with Crippen LogP contribution in [0.2, 0.25) is 0 Å². The summed E-state index contributed by atoms with van der Waals surface area (Å²) < 4.78 is 22.9. The Labute approximate surface area is 142 Å². The highest BCUT2D eigenvalue weighted by molar-refractivity contribution is 7.90. The van der Waals surface area contributed by atoms with Gasteiger partial charge in [0, 0.05) is 42.1 Å². The molecule has 0 saturated heterocycles. The van der Waals surface area contributed by atoms with Gasteiger partial charge in [0.25, 0.3) is 0 Å². The first kappa shape index (κ1) is 18.1. The number of hydrogen-bond donors (Lipinski definition) is 0. The monoisotopic (exact) mass is 346 g/mol. The summed E-state index contributed by atoms with van der Waals surface area (Å²) in [5.41, 5.74) is 1.68. The van der Waals surface area contributed by atoms with Gasteiger partial charge in [-0.2, -0.15) is 0 Å². The number of nitrogens with zero attached hydrogens (tertiary/aromatic N) is 2. The Hall–Kier alpha value is -2.21. The summed E-state index contributed by atoms with van der Waals surface area (Å²) in [4.78, 5) is 18.3. The zero-order valence-electron chi connectivity index (χ0n) is 14.1. The van der Waals surface area contributed by atoms with Crippen LogP contribution in [0.5, 0.6) is 0 Å². The van der Waals surface area contributed by atoms with Crippen molar-refractivity contribution in [1.82, 2.24) is 9.88 Å². The largest absolute Gasteiger partial charge is 0.336 e. The van der Waals surface area contributed by atoms with Crippen molar-refractivity contribution in [3.8, 4) is 0 Å². The zero-order valence-corrected chi connectivity index (χ0v) is 15.0. The number of likely N-dealkylation sites (N-methyl/N-ethyl adjacent to an activating group) is 1. The van der Waals surface area contributed by atoms with Crippen LogP contribution >= 0.6 is 0 Å². The molecule has 1 atom stereocenters. The number of carbonyl (C=O) groups excluding carboxylic acids is 1. The molecule has 0 fully saturated rings. The van der Waals surface area contributed by atoms with Crippen LogP contribution in [0.25, 0.3) is 17.0 Å².